The molecule has 0 aliphatic carbocycles. The summed E-state index contributed by atoms with van der Waals surface area (Å²) in [6.07, 6.45) is 0. The van der Waals surface area contributed by atoms with Crippen LogP contribution in [0.5, 0.6) is 0 Å². The molecule has 0 atom stereocenters. The summed E-state index contributed by atoms with van der Waals surface area (Å²) in [6, 6.07) is 52.1. The first kappa shape index (κ1) is 31.3. The number of anilines is 3. The van der Waals surface area contributed by atoms with E-state index in [4.69, 9.17) is 0 Å². The minimum Gasteiger partial charge on any atom is -0.311 e. The van der Waals surface area contributed by atoms with Gasteiger partial charge in [0.2, 0.25) is 0 Å². The second kappa shape index (κ2) is 12.8. The largest absolute Gasteiger partial charge is 0.311 e. The fraction of sp³-hybridized carbons (Fsp3) is 0.100. The molecule has 0 aliphatic rings. The molecule has 7 heteroatoms. The molecule has 0 saturated heterocycles. The van der Waals surface area contributed by atoms with Gasteiger partial charge in [-0.3, -0.25) is 0 Å². The van der Waals surface area contributed by atoms with Crippen molar-refractivity contribution in [3.05, 3.63) is 161 Å². The van der Waals surface area contributed by atoms with Gasteiger partial charge in [-0.25, -0.2) is 0 Å². The van der Waals surface area contributed by atoms with Gasteiger partial charge < -0.3 is 4.90 Å². The van der Waals surface area contributed by atoms with Crippen LogP contribution in [0.15, 0.2) is 133 Å². The Hall–Kier alpha value is -7.16. The number of benzene rings is 5. The lowest BCUT2D eigenvalue weighted by Crippen LogP contribution is -2.24. The highest BCUT2D eigenvalue weighted by molar-refractivity contribution is 5.77. The van der Waals surface area contributed by atoms with Crippen molar-refractivity contribution in [3.8, 4) is 36.4 Å². The van der Waals surface area contributed by atoms with E-state index in [1.807, 2.05) is 53.4 Å². The van der Waals surface area contributed by atoms with Crippen LogP contribution in [0.2, 0.25) is 0 Å². The zero-order chi connectivity index (χ0) is 33.5. The van der Waals surface area contributed by atoms with Crippen LogP contribution in [-0.2, 0) is 16.2 Å². The highest BCUT2D eigenvalue weighted by atomic mass is 15.1. The topological polar surface area (TPSA) is 146 Å². The Morgan fingerprint density at radius 1 is 0.362 bits per heavy atom. The van der Waals surface area contributed by atoms with Gasteiger partial charge in [-0.1, -0.05) is 97.1 Å². The second-order valence-corrected chi connectivity index (χ2v) is 11.0. The maximum atomic E-state index is 10.2. The van der Waals surface area contributed by atoms with Crippen molar-refractivity contribution in [3.63, 3.8) is 0 Å². The molecular weight excluding hydrogens is 578 g/mol. The normalized spacial score (nSPS) is 11.0. The summed E-state index contributed by atoms with van der Waals surface area (Å²) < 4.78 is 0. The molecule has 0 bridgehead atoms. The van der Waals surface area contributed by atoms with Crippen LogP contribution in [-0.4, -0.2) is 0 Å². The first-order valence-corrected chi connectivity index (χ1v) is 14.5. The van der Waals surface area contributed by atoms with Crippen molar-refractivity contribution >= 4 is 17.1 Å². The van der Waals surface area contributed by atoms with E-state index >= 15 is 0 Å². The Morgan fingerprint density at radius 2 is 0.638 bits per heavy atom. The molecule has 7 nitrogen and oxygen atoms in total. The van der Waals surface area contributed by atoms with E-state index in [9.17, 15) is 31.6 Å². The summed E-state index contributed by atoms with van der Waals surface area (Å²) >= 11 is 0. The summed E-state index contributed by atoms with van der Waals surface area (Å²) in [6.45, 7) is 1.56. The van der Waals surface area contributed by atoms with E-state index < -0.39 is 16.2 Å². The average molecular weight is 604 g/mol. The Kier molecular flexibility index (Phi) is 8.54. The van der Waals surface area contributed by atoms with E-state index in [0.717, 1.165) is 0 Å². The van der Waals surface area contributed by atoms with Crippen molar-refractivity contribution in [1.29, 1.82) is 31.6 Å². The molecule has 0 spiro atoms. The van der Waals surface area contributed by atoms with Gasteiger partial charge in [0.15, 0.2) is 16.2 Å². The van der Waals surface area contributed by atoms with Crippen LogP contribution >= 0.6 is 0 Å². The van der Waals surface area contributed by atoms with Crippen molar-refractivity contribution in [2.24, 2.45) is 0 Å². The van der Waals surface area contributed by atoms with Gasteiger partial charge in [-0.2, -0.15) is 31.6 Å². The molecule has 0 aromatic heterocycles. The number of rotatable bonds is 8. The summed E-state index contributed by atoms with van der Waals surface area (Å²) in [7, 11) is 0. The monoisotopic (exact) mass is 603 g/mol. The van der Waals surface area contributed by atoms with Crippen LogP contribution < -0.4 is 4.90 Å². The molecule has 0 unspecified atom stereocenters. The van der Waals surface area contributed by atoms with Gasteiger partial charge in [0.1, 0.15) is 0 Å². The first-order valence-electron chi connectivity index (χ1n) is 14.5. The molecule has 0 amide bonds. The molecule has 0 heterocycles. The number of hydrogen-bond donors (Lipinski definition) is 0. The number of hydrogen-bond acceptors (Lipinski definition) is 7. The Balaban J connectivity index is 1.63. The molecule has 5 rings (SSSR count). The molecule has 5 aromatic carbocycles. The minimum atomic E-state index is -1.51. The van der Waals surface area contributed by atoms with E-state index in [-0.39, 0.29) is 0 Å². The molecule has 47 heavy (non-hydrogen) atoms. The molecule has 5 aromatic rings. The zero-order valence-electron chi connectivity index (χ0n) is 25.3. The van der Waals surface area contributed by atoms with Crippen molar-refractivity contribution < 1.29 is 0 Å². The van der Waals surface area contributed by atoms with Gasteiger partial charge >= 0.3 is 0 Å². The zero-order valence-corrected chi connectivity index (χ0v) is 25.3. The predicted molar refractivity (Wildman–Crippen MR) is 177 cm³/mol. The maximum absolute atomic E-state index is 10.2. The summed E-state index contributed by atoms with van der Waals surface area (Å²) in [5.41, 5.74) is 0.458. The van der Waals surface area contributed by atoms with Crippen molar-refractivity contribution in [2.45, 2.75) is 23.2 Å². The third-order valence-corrected chi connectivity index (χ3v) is 8.35. The van der Waals surface area contributed by atoms with Gasteiger partial charge in [-0.05, 0) is 71.1 Å². The fourth-order valence-electron chi connectivity index (χ4n) is 5.54. The predicted octanol–water partition coefficient (Wildman–Crippen LogP) is 8.13. The first-order chi connectivity index (χ1) is 22.8. The molecule has 0 radical (unpaired) electrons. The second-order valence-electron chi connectivity index (χ2n) is 11.0. The summed E-state index contributed by atoms with van der Waals surface area (Å²) in [4.78, 5) is 1.93. The molecule has 0 fully saturated rings. The number of nitrogens with zero attached hydrogens (tertiary/aromatic N) is 7. The van der Waals surface area contributed by atoms with E-state index in [2.05, 4.69) is 36.4 Å². The van der Waals surface area contributed by atoms with Crippen LogP contribution in [0.4, 0.5) is 17.1 Å². The van der Waals surface area contributed by atoms with Crippen LogP contribution in [0.1, 0.15) is 34.7 Å². The quantitative estimate of drug-likeness (QED) is 0.174. The molecule has 0 saturated carbocycles. The fourth-order valence-corrected chi connectivity index (χ4v) is 5.54. The molecule has 0 aliphatic heterocycles. The van der Waals surface area contributed by atoms with Gasteiger partial charge in [0, 0.05) is 17.1 Å². The van der Waals surface area contributed by atoms with Crippen molar-refractivity contribution in [2.75, 3.05) is 4.90 Å². The third kappa shape index (κ3) is 5.40. The summed E-state index contributed by atoms with van der Waals surface area (Å²) in [5.74, 6) is 0. The van der Waals surface area contributed by atoms with Gasteiger partial charge in [0.25, 0.3) is 0 Å². The highest BCUT2D eigenvalue weighted by Crippen LogP contribution is 2.40. The minimum absolute atomic E-state index is 0.512. The SMILES string of the molecule is CC(C#N)(C#N)c1ccc(N(c2ccc(C(C#N)(C#N)c3ccccc3)cc2)c2ccc(C(C#N)(C#N)c3ccccc3)cc2)cc1. The lowest BCUT2D eigenvalue weighted by atomic mass is 9.77. The van der Waals surface area contributed by atoms with Crippen LogP contribution in [0, 0.1) is 68.0 Å². The van der Waals surface area contributed by atoms with Gasteiger partial charge in [0.05, 0.1) is 36.4 Å². The smallest absolute Gasteiger partial charge is 0.193 e. The third-order valence-electron chi connectivity index (χ3n) is 8.35. The lowest BCUT2D eigenvalue weighted by Gasteiger charge is -2.28. The Bertz CT molecular complexity index is 1990. The Labute approximate surface area is 273 Å². The van der Waals surface area contributed by atoms with Crippen molar-refractivity contribution in [1.82, 2.24) is 0 Å². The van der Waals surface area contributed by atoms with E-state index in [1.165, 1.54) is 0 Å². The van der Waals surface area contributed by atoms with Gasteiger partial charge in [-0.15, -0.1) is 0 Å². The van der Waals surface area contributed by atoms with Crippen LogP contribution in [0.3, 0.4) is 0 Å². The summed E-state index contributed by atoms with van der Waals surface area (Å²) in [5, 5.41) is 60.0. The molecule has 0 N–H and O–H groups in total. The molecular formula is C40H25N7. The average Bonchev–Trinajstić information content (AvgIpc) is 3.15. The lowest BCUT2D eigenvalue weighted by molar-refractivity contribution is 0.792. The number of nitriles is 6. The maximum Gasteiger partial charge on any atom is 0.193 e. The standard InChI is InChI=1S/C40H25N7/c1-38(24-41,25-42)30-12-18-35(19-13-30)47(36-20-14-33(15-21-36)39(26-43,27-44)31-8-4-2-5-9-31)37-22-16-34(17-23-37)40(28-45,29-46)32-10-6-3-7-11-32/h2-23H,1H3. The Morgan fingerprint density at radius 3 is 0.915 bits per heavy atom. The van der Waals surface area contributed by atoms with E-state index in [0.29, 0.717) is 44.9 Å². The highest BCUT2D eigenvalue weighted by Gasteiger charge is 2.36. The van der Waals surface area contributed by atoms with Crippen LogP contribution in [0.25, 0.3) is 0 Å². The van der Waals surface area contributed by atoms with E-state index in [1.54, 1.807) is 91.9 Å². The molecule has 220 valence electrons.